The molecule has 4 heteroatoms. The lowest BCUT2D eigenvalue weighted by Gasteiger charge is -2.23. The van der Waals surface area contributed by atoms with Crippen LogP contribution in [0.4, 0.5) is 0 Å². The molecule has 0 saturated carbocycles. The minimum absolute atomic E-state index is 0.273. The van der Waals surface area contributed by atoms with Gasteiger partial charge in [0, 0.05) is 13.1 Å². The molecule has 0 aliphatic rings. The summed E-state index contributed by atoms with van der Waals surface area (Å²) in [7, 11) is 0. The van der Waals surface area contributed by atoms with Crippen LogP contribution >= 0.6 is 0 Å². The third-order valence-corrected chi connectivity index (χ3v) is 3.08. The van der Waals surface area contributed by atoms with Crippen LogP contribution in [0.1, 0.15) is 33.0 Å². The predicted octanol–water partition coefficient (Wildman–Crippen LogP) is 2.18. The van der Waals surface area contributed by atoms with Crippen molar-refractivity contribution in [3.05, 3.63) is 24.2 Å². The molecule has 0 radical (unpaired) electrons. The van der Waals surface area contributed by atoms with Gasteiger partial charge in [0.1, 0.15) is 12.4 Å². The molecule has 2 N–H and O–H groups in total. The second-order valence-electron chi connectivity index (χ2n) is 5.40. The minimum Gasteiger partial charge on any atom is -0.467 e. The molecule has 0 aromatic carbocycles. The Morgan fingerprint density at radius 3 is 2.89 bits per heavy atom. The fraction of sp³-hybridized carbons (Fsp3) is 0.714. The van der Waals surface area contributed by atoms with Gasteiger partial charge < -0.3 is 19.6 Å². The number of aliphatic hydroxyl groups excluding tert-OH is 1. The average molecular weight is 255 g/mol. The van der Waals surface area contributed by atoms with Gasteiger partial charge in [0.25, 0.3) is 0 Å². The number of hydrogen-bond donors (Lipinski definition) is 2. The summed E-state index contributed by atoms with van der Waals surface area (Å²) in [6, 6.07) is 3.68. The van der Waals surface area contributed by atoms with Crippen LogP contribution in [0, 0.1) is 5.41 Å². The maximum absolute atomic E-state index is 9.73. The smallest absolute Gasteiger partial charge is 0.129 e. The lowest BCUT2D eigenvalue weighted by atomic mass is 9.90. The summed E-state index contributed by atoms with van der Waals surface area (Å²) in [5, 5.41) is 13.0. The van der Waals surface area contributed by atoms with Crippen LogP contribution in [0.3, 0.4) is 0 Å². The molecule has 0 bridgehead atoms. The molecule has 4 nitrogen and oxygen atoms in total. The van der Waals surface area contributed by atoms with Gasteiger partial charge in [0.2, 0.25) is 0 Å². The highest BCUT2D eigenvalue weighted by Crippen LogP contribution is 2.17. The van der Waals surface area contributed by atoms with Crippen LogP contribution in [0.5, 0.6) is 0 Å². The van der Waals surface area contributed by atoms with Gasteiger partial charge in [-0.1, -0.05) is 20.8 Å². The number of furan rings is 1. The Morgan fingerprint density at radius 2 is 2.28 bits per heavy atom. The van der Waals surface area contributed by atoms with Crippen LogP contribution in [0.15, 0.2) is 22.8 Å². The molecule has 1 rings (SSSR count). The predicted molar refractivity (Wildman–Crippen MR) is 71.3 cm³/mol. The van der Waals surface area contributed by atoms with Crippen molar-refractivity contribution in [1.29, 1.82) is 0 Å². The zero-order chi connectivity index (χ0) is 13.4. The molecule has 1 aromatic heterocycles. The average Bonchev–Trinajstić information content (AvgIpc) is 2.82. The molecule has 0 saturated heterocycles. The van der Waals surface area contributed by atoms with Crippen LogP contribution in [0.25, 0.3) is 0 Å². The van der Waals surface area contributed by atoms with E-state index in [2.05, 4.69) is 26.1 Å². The number of aliphatic hydroxyl groups is 1. The van der Waals surface area contributed by atoms with E-state index >= 15 is 0 Å². The Hall–Kier alpha value is -0.840. The molecule has 0 amide bonds. The summed E-state index contributed by atoms with van der Waals surface area (Å²) in [6.07, 6.45) is 2.25. The van der Waals surface area contributed by atoms with E-state index in [4.69, 9.17) is 9.15 Å². The lowest BCUT2D eigenvalue weighted by molar-refractivity contribution is 0.0218. The highest BCUT2D eigenvalue weighted by molar-refractivity contribution is 4.96. The second kappa shape index (κ2) is 7.56. The van der Waals surface area contributed by atoms with Crippen molar-refractivity contribution in [3.63, 3.8) is 0 Å². The third kappa shape index (κ3) is 6.19. The van der Waals surface area contributed by atoms with E-state index in [0.717, 1.165) is 18.7 Å². The second-order valence-corrected chi connectivity index (χ2v) is 5.40. The van der Waals surface area contributed by atoms with Gasteiger partial charge in [-0.15, -0.1) is 0 Å². The number of ether oxygens (including phenoxy) is 1. The molecule has 1 atom stereocenters. The lowest BCUT2D eigenvalue weighted by Crippen LogP contribution is -2.36. The molecule has 104 valence electrons. The van der Waals surface area contributed by atoms with Crippen molar-refractivity contribution in [1.82, 2.24) is 5.32 Å². The van der Waals surface area contributed by atoms with Crippen molar-refractivity contribution >= 4 is 0 Å². The monoisotopic (exact) mass is 255 g/mol. The first-order chi connectivity index (χ1) is 8.53. The Bertz CT molecular complexity index is 309. The first kappa shape index (κ1) is 15.2. The van der Waals surface area contributed by atoms with Crippen LogP contribution in [-0.4, -0.2) is 30.9 Å². The Balaban J connectivity index is 2.05. The maximum atomic E-state index is 9.73. The summed E-state index contributed by atoms with van der Waals surface area (Å²) in [4.78, 5) is 0. The number of hydrogen-bond acceptors (Lipinski definition) is 4. The quantitative estimate of drug-likeness (QED) is 0.710. The molecule has 0 fully saturated rings. The molecule has 0 aliphatic heterocycles. The van der Waals surface area contributed by atoms with Gasteiger partial charge in [-0.25, -0.2) is 0 Å². The maximum Gasteiger partial charge on any atom is 0.129 e. The van der Waals surface area contributed by atoms with Crippen LogP contribution in [0.2, 0.25) is 0 Å². The van der Waals surface area contributed by atoms with Gasteiger partial charge in [0.15, 0.2) is 0 Å². The largest absolute Gasteiger partial charge is 0.467 e. The topological polar surface area (TPSA) is 54.6 Å². The van der Waals surface area contributed by atoms with Crippen molar-refractivity contribution in [2.75, 3.05) is 19.7 Å². The molecule has 0 spiro atoms. The van der Waals surface area contributed by atoms with Gasteiger partial charge >= 0.3 is 0 Å². The van der Waals surface area contributed by atoms with E-state index in [1.165, 1.54) is 0 Å². The Labute approximate surface area is 109 Å². The standard InChI is InChI=1S/C14H25NO3/c1-4-14(2,3)11-15-8-12(16)9-17-10-13-6-5-7-18-13/h5-7,12,15-16H,4,8-11H2,1-3H3. The summed E-state index contributed by atoms with van der Waals surface area (Å²) >= 11 is 0. The molecule has 1 aromatic rings. The molecule has 18 heavy (non-hydrogen) atoms. The van der Waals surface area contributed by atoms with E-state index in [1.807, 2.05) is 12.1 Å². The van der Waals surface area contributed by atoms with Gasteiger partial charge in [-0.2, -0.15) is 0 Å². The summed E-state index contributed by atoms with van der Waals surface area (Å²) in [5.41, 5.74) is 0.273. The molecular weight excluding hydrogens is 230 g/mol. The number of nitrogens with one attached hydrogen (secondary N) is 1. The zero-order valence-corrected chi connectivity index (χ0v) is 11.6. The molecule has 0 aliphatic carbocycles. The van der Waals surface area contributed by atoms with Crippen molar-refractivity contribution in [3.8, 4) is 0 Å². The Morgan fingerprint density at radius 1 is 1.50 bits per heavy atom. The van der Waals surface area contributed by atoms with E-state index in [0.29, 0.717) is 19.8 Å². The SMILES string of the molecule is CCC(C)(C)CNCC(O)COCc1ccco1. The molecule has 1 heterocycles. The first-order valence-electron chi connectivity index (χ1n) is 6.52. The fourth-order valence-electron chi connectivity index (χ4n) is 1.45. The molecular formula is C14H25NO3. The molecule has 1 unspecified atom stereocenters. The summed E-state index contributed by atoms with van der Waals surface area (Å²) in [6.45, 7) is 8.77. The normalized spacial score (nSPS) is 13.8. The zero-order valence-electron chi connectivity index (χ0n) is 11.6. The van der Waals surface area contributed by atoms with E-state index in [1.54, 1.807) is 6.26 Å². The summed E-state index contributed by atoms with van der Waals surface area (Å²) < 4.78 is 10.5. The fourth-order valence-corrected chi connectivity index (χ4v) is 1.45. The van der Waals surface area contributed by atoms with Crippen molar-refractivity contribution in [2.45, 2.75) is 39.9 Å². The van der Waals surface area contributed by atoms with Gasteiger partial charge in [0.05, 0.1) is 19.0 Å². The van der Waals surface area contributed by atoms with Crippen LogP contribution < -0.4 is 5.32 Å². The third-order valence-electron chi connectivity index (χ3n) is 3.08. The van der Waals surface area contributed by atoms with Crippen LogP contribution in [-0.2, 0) is 11.3 Å². The van der Waals surface area contributed by atoms with Gasteiger partial charge in [-0.05, 0) is 24.0 Å². The highest BCUT2D eigenvalue weighted by Gasteiger charge is 2.15. The Kier molecular flexibility index (Phi) is 6.39. The van der Waals surface area contributed by atoms with E-state index in [-0.39, 0.29) is 5.41 Å². The van der Waals surface area contributed by atoms with Gasteiger partial charge in [-0.3, -0.25) is 0 Å². The summed E-state index contributed by atoms with van der Waals surface area (Å²) in [5.74, 6) is 0.780. The minimum atomic E-state index is -0.479. The number of rotatable bonds is 9. The van der Waals surface area contributed by atoms with E-state index in [9.17, 15) is 5.11 Å². The highest BCUT2D eigenvalue weighted by atomic mass is 16.5. The van der Waals surface area contributed by atoms with Crippen molar-refractivity contribution in [2.24, 2.45) is 5.41 Å². The first-order valence-corrected chi connectivity index (χ1v) is 6.52. The van der Waals surface area contributed by atoms with E-state index < -0.39 is 6.10 Å². The van der Waals surface area contributed by atoms with Crippen molar-refractivity contribution < 1.29 is 14.3 Å².